The van der Waals surface area contributed by atoms with Gasteiger partial charge in [-0.1, -0.05) is 0 Å². The van der Waals surface area contributed by atoms with Crippen LogP contribution >= 0.6 is 0 Å². The lowest BCUT2D eigenvalue weighted by Crippen LogP contribution is -2.33. The van der Waals surface area contributed by atoms with Gasteiger partial charge in [-0.15, -0.1) is 0 Å². The second-order valence-corrected chi connectivity index (χ2v) is 6.60. The number of aromatic nitrogens is 2. The highest BCUT2D eigenvalue weighted by molar-refractivity contribution is 5.69. The molecule has 1 aromatic rings. The summed E-state index contributed by atoms with van der Waals surface area (Å²) >= 11 is 0. The van der Waals surface area contributed by atoms with Crippen molar-refractivity contribution in [1.82, 2.24) is 14.7 Å². The second-order valence-electron chi connectivity index (χ2n) is 6.60. The fourth-order valence-corrected chi connectivity index (χ4v) is 2.32. The molecule has 2 heterocycles. The smallest absolute Gasteiger partial charge is 0.410 e. The number of nitrogens with zero attached hydrogens (tertiary/aromatic N) is 3. The van der Waals surface area contributed by atoms with Crippen LogP contribution in [-0.2, 0) is 24.4 Å². The third-order valence-electron chi connectivity index (χ3n) is 3.42. The molecule has 0 radical (unpaired) electrons. The van der Waals surface area contributed by atoms with Crippen LogP contribution in [0.3, 0.4) is 0 Å². The maximum Gasteiger partial charge on any atom is 0.410 e. The molecule has 2 aliphatic rings. The zero-order valence-electron chi connectivity index (χ0n) is 11.8. The van der Waals surface area contributed by atoms with E-state index in [2.05, 4.69) is 11.3 Å². The minimum atomic E-state index is -0.441. The van der Waals surface area contributed by atoms with Gasteiger partial charge in [0.1, 0.15) is 5.60 Å². The van der Waals surface area contributed by atoms with Crippen molar-refractivity contribution >= 4 is 6.09 Å². The number of amides is 1. The van der Waals surface area contributed by atoms with E-state index in [0.717, 1.165) is 23.7 Å². The molecule has 1 aliphatic carbocycles. The minimum Gasteiger partial charge on any atom is -0.444 e. The molecule has 0 spiro atoms. The van der Waals surface area contributed by atoms with E-state index in [4.69, 9.17) is 4.74 Å². The monoisotopic (exact) mass is 263 g/mol. The topological polar surface area (TPSA) is 47.4 Å². The van der Waals surface area contributed by atoms with E-state index in [1.165, 1.54) is 12.8 Å². The predicted octanol–water partition coefficient (Wildman–Crippen LogP) is 2.54. The summed E-state index contributed by atoms with van der Waals surface area (Å²) in [4.78, 5) is 13.7. The molecule has 3 rings (SSSR count). The van der Waals surface area contributed by atoms with E-state index in [1.54, 1.807) is 4.90 Å². The average molecular weight is 263 g/mol. The lowest BCUT2D eigenvalue weighted by Gasteiger charge is -2.24. The summed E-state index contributed by atoms with van der Waals surface area (Å²) < 4.78 is 7.42. The van der Waals surface area contributed by atoms with Gasteiger partial charge in [-0.3, -0.25) is 9.58 Å². The summed E-state index contributed by atoms with van der Waals surface area (Å²) in [5, 5.41) is 4.57. The van der Waals surface area contributed by atoms with Crippen molar-refractivity contribution in [3.05, 3.63) is 17.5 Å². The molecule has 1 fully saturated rings. The minimum absolute atomic E-state index is 0.251. The molecular formula is C14H21N3O2. The second kappa shape index (κ2) is 4.25. The molecule has 104 valence electrons. The Bertz CT molecular complexity index is 474. The Morgan fingerprint density at radius 2 is 2.16 bits per heavy atom. The third-order valence-corrected chi connectivity index (χ3v) is 3.42. The SMILES string of the molecule is CC(C)(C)OC(=O)N1Cc2cn(CC3CC3)nc2C1. The molecule has 0 saturated heterocycles. The van der Waals surface area contributed by atoms with Crippen LogP contribution in [0.25, 0.3) is 0 Å². The predicted molar refractivity (Wildman–Crippen MR) is 70.4 cm³/mol. The average Bonchev–Trinajstić information content (AvgIpc) is 2.83. The molecule has 1 aliphatic heterocycles. The number of hydrogen-bond donors (Lipinski definition) is 0. The van der Waals surface area contributed by atoms with E-state index in [-0.39, 0.29) is 6.09 Å². The number of carbonyl (C=O) groups excluding carboxylic acids is 1. The highest BCUT2D eigenvalue weighted by Gasteiger charge is 2.30. The van der Waals surface area contributed by atoms with Crippen LogP contribution in [0, 0.1) is 5.92 Å². The fourth-order valence-electron chi connectivity index (χ4n) is 2.32. The first-order chi connectivity index (χ1) is 8.90. The van der Waals surface area contributed by atoms with Crippen molar-refractivity contribution in [2.24, 2.45) is 5.92 Å². The third kappa shape index (κ3) is 2.91. The Hall–Kier alpha value is -1.52. The van der Waals surface area contributed by atoms with Crippen molar-refractivity contribution in [3.63, 3.8) is 0 Å². The van der Waals surface area contributed by atoms with E-state index in [1.807, 2.05) is 25.5 Å². The number of ether oxygens (including phenoxy) is 1. The molecular weight excluding hydrogens is 242 g/mol. The maximum atomic E-state index is 12.0. The van der Waals surface area contributed by atoms with Crippen LogP contribution in [0.5, 0.6) is 0 Å². The number of carbonyl (C=O) groups is 1. The summed E-state index contributed by atoms with van der Waals surface area (Å²) in [6, 6.07) is 0. The zero-order valence-corrected chi connectivity index (χ0v) is 11.8. The Balaban J connectivity index is 1.61. The van der Waals surface area contributed by atoms with Gasteiger partial charge >= 0.3 is 6.09 Å². The Morgan fingerprint density at radius 1 is 1.42 bits per heavy atom. The first-order valence-corrected chi connectivity index (χ1v) is 6.94. The Kier molecular flexibility index (Phi) is 2.80. The highest BCUT2D eigenvalue weighted by atomic mass is 16.6. The standard InChI is InChI=1S/C14H21N3O2/c1-14(2,3)19-13(18)16-7-11-8-17(6-10-4-5-10)15-12(11)9-16/h8,10H,4-7,9H2,1-3H3. The van der Waals surface area contributed by atoms with Crippen LogP contribution in [0.1, 0.15) is 44.9 Å². The maximum absolute atomic E-state index is 12.0. The van der Waals surface area contributed by atoms with Crippen molar-refractivity contribution in [3.8, 4) is 0 Å². The number of rotatable bonds is 2. The Morgan fingerprint density at radius 3 is 2.74 bits per heavy atom. The normalized spacial score (nSPS) is 18.6. The van der Waals surface area contributed by atoms with Crippen LogP contribution in [0.2, 0.25) is 0 Å². The van der Waals surface area contributed by atoms with Gasteiger partial charge in [-0.25, -0.2) is 4.79 Å². The van der Waals surface area contributed by atoms with Crippen molar-refractivity contribution < 1.29 is 9.53 Å². The van der Waals surface area contributed by atoms with Gasteiger partial charge in [-0.2, -0.15) is 5.10 Å². The summed E-state index contributed by atoms with van der Waals surface area (Å²) in [5.74, 6) is 0.821. The molecule has 19 heavy (non-hydrogen) atoms. The largest absolute Gasteiger partial charge is 0.444 e. The van der Waals surface area contributed by atoms with Gasteiger partial charge < -0.3 is 4.74 Å². The van der Waals surface area contributed by atoms with E-state index in [9.17, 15) is 4.79 Å². The molecule has 1 saturated carbocycles. The van der Waals surface area contributed by atoms with Gasteiger partial charge in [0.25, 0.3) is 0 Å². The molecule has 0 aromatic carbocycles. The summed E-state index contributed by atoms with van der Waals surface area (Å²) in [6.07, 6.45) is 4.49. The summed E-state index contributed by atoms with van der Waals surface area (Å²) in [6.45, 7) is 7.87. The molecule has 0 bridgehead atoms. The van der Waals surface area contributed by atoms with E-state index in [0.29, 0.717) is 13.1 Å². The van der Waals surface area contributed by atoms with Crippen molar-refractivity contribution in [2.75, 3.05) is 0 Å². The van der Waals surface area contributed by atoms with Gasteiger partial charge in [0.15, 0.2) is 0 Å². The van der Waals surface area contributed by atoms with E-state index < -0.39 is 5.60 Å². The molecule has 1 aromatic heterocycles. The van der Waals surface area contributed by atoms with Crippen molar-refractivity contribution in [1.29, 1.82) is 0 Å². The zero-order chi connectivity index (χ0) is 13.6. The summed E-state index contributed by atoms with van der Waals surface area (Å²) in [5.41, 5.74) is 1.74. The number of fused-ring (bicyclic) bond motifs is 1. The summed E-state index contributed by atoms with van der Waals surface area (Å²) in [7, 11) is 0. The van der Waals surface area contributed by atoms with Crippen LogP contribution in [-0.4, -0.2) is 26.4 Å². The first kappa shape index (κ1) is 12.5. The van der Waals surface area contributed by atoms with Gasteiger partial charge in [0.05, 0.1) is 18.8 Å². The lowest BCUT2D eigenvalue weighted by molar-refractivity contribution is 0.0239. The molecule has 1 amide bonds. The molecule has 0 atom stereocenters. The highest BCUT2D eigenvalue weighted by Crippen LogP contribution is 2.31. The van der Waals surface area contributed by atoms with Gasteiger partial charge in [0, 0.05) is 18.3 Å². The molecule has 5 nitrogen and oxygen atoms in total. The van der Waals surface area contributed by atoms with Gasteiger partial charge in [-0.05, 0) is 39.5 Å². The molecule has 5 heteroatoms. The van der Waals surface area contributed by atoms with Gasteiger partial charge in [0.2, 0.25) is 0 Å². The molecule has 0 unspecified atom stereocenters. The van der Waals surface area contributed by atoms with Crippen LogP contribution in [0.4, 0.5) is 4.79 Å². The fraction of sp³-hybridized carbons (Fsp3) is 0.714. The quantitative estimate of drug-likeness (QED) is 0.823. The first-order valence-electron chi connectivity index (χ1n) is 6.94. The van der Waals surface area contributed by atoms with Crippen LogP contribution in [0.15, 0.2) is 6.20 Å². The van der Waals surface area contributed by atoms with Crippen LogP contribution < -0.4 is 0 Å². The number of hydrogen-bond acceptors (Lipinski definition) is 3. The lowest BCUT2D eigenvalue weighted by atomic mass is 10.2. The van der Waals surface area contributed by atoms with Crippen molar-refractivity contribution in [2.45, 2.75) is 58.8 Å². The van der Waals surface area contributed by atoms with E-state index >= 15 is 0 Å². The Labute approximate surface area is 113 Å². The molecule has 0 N–H and O–H groups in total.